The number of halogens is 1. The standard InChI is InChI=1S/C27H25ClN2O4/c28-22-8-4-7-21(16-22)26(19-5-2-1-3-6-19)30-24(31)17-34-25(32)15-18-9-13-23(14-10-18)29-27(33)20-11-12-20/h1-10,13-14,16,20,26H,11-12,15,17H2,(H,29,33)(H,30,31). The normalized spacial score (nSPS) is 13.6. The number of amides is 2. The van der Waals surface area contributed by atoms with E-state index in [0.717, 1.165) is 29.5 Å². The van der Waals surface area contributed by atoms with Gasteiger partial charge in [0.05, 0.1) is 12.5 Å². The van der Waals surface area contributed by atoms with Gasteiger partial charge in [-0.05, 0) is 53.8 Å². The van der Waals surface area contributed by atoms with Crippen molar-refractivity contribution >= 4 is 35.1 Å². The summed E-state index contributed by atoms with van der Waals surface area (Å²) in [5.74, 6) is -0.768. The molecule has 0 aliphatic heterocycles. The zero-order valence-electron chi connectivity index (χ0n) is 18.5. The molecule has 1 atom stereocenters. The van der Waals surface area contributed by atoms with E-state index >= 15 is 0 Å². The number of esters is 1. The minimum atomic E-state index is -0.510. The Labute approximate surface area is 203 Å². The zero-order chi connectivity index (χ0) is 23.9. The third kappa shape index (κ3) is 6.68. The lowest BCUT2D eigenvalue weighted by molar-refractivity contribution is -0.148. The summed E-state index contributed by atoms with van der Waals surface area (Å²) < 4.78 is 5.19. The highest BCUT2D eigenvalue weighted by molar-refractivity contribution is 6.30. The number of ether oxygens (including phenoxy) is 1. The average molecular weight is 477 g/mol. The van der Waals surface area contributed by atoms with Crippen LogP contribution in [0.15, 0.2) is 78.9 Å². The minimum Gasteiger partial charge on any atom is -0.455 e. The first-order valence-electron chi connectivity index (χ1n) is 11.1. The molecular formula is C27H25ClN2O4. The van der Waals surface area contributed by atoms with Gasteiger partial charge in [-0.3, -0.25) is 14.4 Å². The molecule has 1 aliphatic rings. The van der Waals surface area contributed by atoms with Crippen molar-refractivity contribution in [2.45, 2.75) is 25.3 Å². The van der Waals surface area contributed by atoms with E-state index in [1.54, 1.807) is 36.4 Å². The van der Waals surface area contributed by atoms with Crippen molar-refractivity contribution in [1.29, 1.82) is 0 Å². The molecule has 6 nitrogen and oxygen atoms in total. The highest BCUT2D eigenvalue weighted by Crippen LogP contribution is 2.30. The number of hydrogen-bond acceptors (Lipinski definition) is 4. The molecule has 34 heavy (non-hydrogen) atoms. The second-order valence-electron chi connectivity index (χ2n) is 8.26. The Kier molecular flexibility index (Phi) is 7.60. The SMILES string of the molecule is O=C(COC(=O)Cc1ccc(NC(=O)C2CC2)cc1)NC(c1ccccc1)c1cccc(Cl)c1. The first-order chi connectivity index (χ1) is 16.5. The van der Waals surface area contributed by atoms with Crippen molar-refractivity contribution in [2.24, 2.45) is 5.92 Å². The molecule has 4 rings (SSSR count). The number of carbonyl (C=O) groups is 3. The largest absolute Gasteiger partial charge is 0.455 e. The fourth-order valence-electron chi connectivity index (χ4n) is 3.55. The summed E-state index contributed by atoms with van der Waals surface area (Å²) in [5, 5.41) is 6.34. The Balaban J connectivity index is 1.30. The Morgan fingerprint density at radius 2 is 1.62 bits per heavy atom. The Morgan fingerprint density at radius 3 is 2.29 bits per heavy atom. The number of carbonyl (C=O) groups excluding carboxylic acids is 3. The molecule has 1 saturated carbocycles. The number of hydrogen-bond donors (Lipinski definition) is 2. The maximum atomic E-state index is 12.6. The van der Waals surface area contributed by atoms with Crippen LogP contribution in [0.25, 0.3) is 0 Å². The van der Waals surface area contributed by atoms with Gasteiger partial charge >= 0.3 is 5.97 Å². The van der Waals surface area contributed by atoms with Crippen LogP contribution in [0.5, 0.6) is 0 Å². The van der Waals surface area contributed by atoms with Crippen molar-refractivity contribution in [3.05, 3.63) is 101 Å². The molecule has 0 aromatic heterocycles. The highest BCUT2D eigenvalue weighted by Gasteiger charge is 2.29. The van der Waals surface area contributed by atoms with Crippen LogP contribution < -0.4 is 10.6 Å². The maximum Gasteiger partial charge on any atom is 0.310 e. The lowest BCUT2D eigenvalue weighted by atomic mass is 9.99. The van der Waals surface area contributed by atoms with Crippen molar-refractivity contribution in [3.8, 4) is 0 Å². The predicted octanol–water partition coefficient (Wildman–Crippen LogP) is 4.68. The van der Waals surface area contributed by atoms with Crippen molar-refractivity contribution in [3.63, 3.8) is 0 Å². The fraction of sp³-hybridized carbons (Fsp3) is 0.222. The smallest absolute Gasteiger partial charge is 0.310 e. The zero-order valence-corrected chi connectivity index (χ0v) is 19.3. The first kappa shape index (κ1) is 23.5. The van der Waals surface area contributed by atoms with Gasteiger partial charge in [0.2, 0.25) is 5.91 Å². The van der Waals surface area contributed by atoms with Gasteiger partial charge < -0.3 is 15.4 Å². The molecule has 174 valence electrons. The molecule has 2 amide bonds. The molecular weight excluding hydrogens is 452 g/mol. The van der Waals surface area contributed by atoms with Crippen molar-refractivity contribution < 1.29 is 19.1 Å². The van der Waals surface area contributed by atoms with Gasteiger partial charge in [0.15, 0.2) is 6.61 Å². The molecule has 1 fully saturated rings. The molecule has 7 heteroatoms. The Hall–Kier alpha value is -3.64. The number of anilines is 1. The van der Waals surface area contributed by atoms with Crippen LogP contribution in [-0.2, 0) is 25.5 Å². The van der Waals surface area contributed by atoms with Gasteiger partial charge in [0, 0.05) is 16.6 Å². The molecule has 0 heterocycles. The molecule has 3 aromatic rings. The van der Waals surface area contributed by atoms with Crippen LogP contribution in [-0.4, -0.2) is 24.4 Å². The van der Waals surface area contributed by atoms with Gasteiger partial charge in [-0.15, -0.1) is 0 Å². The minimum absolute atomic E-state index is 0.0283. The van der Waals surface area contributed by atoms with Crippen LogP contribution in [0.1, 0.15) is 35.6 Å². The van der Waals surface area contributed by atoms with Crippen molar-refractivity contribution in [1.82, 2.24) is 5.32 Å². The number of nitrogens with one attached hydrogen (secondary N) is 2. The lowest BCUT2D eigenvalue weighted by Crippen LogP contribution is -2.33. The van der Waals surface area contributed by atoms with E-state index in [2.05, 4.69) is 10.6 Å². The van der Waals surface area contributed by atoms with E-state index in [-0.39, 0.29) is 18.2 Å². The van der Waals surface area contributed by atoms with Crippen LogP contribution in [0, 0.1) is 5.92 Å². The van der Waals surface area contributed by atoms with Crippen molar-refractivity contribution in [2.75, 3.05) is 11.9 Å². The lowest BCUT2D eigenvalue weighted by Gasteiger charge is -2.20. The van der Waals surface area contributed by atoms with E-state index in [1.807, 2.05) is 42.5 Å². The summed E-state index contributed by atoms with van der Waals surface area (Å²) in [4.78, 5) is 36.7. The second-order valence-corrected chi connectivity index (χ2v) is 8.70. The fourth-order valence-corrected chi connectivity index (χ4v) is 3.75. The Bertz CT molecular complexity index is 1160. The third-order valence-electron chi connectivity index (χ3n) is 5.50. The summed E-state index contributed by atoms with van der Waals surface area (Å²) in [6.07, 6.45) is 1.91. The van der Waals surface area contributed by atoms with E-state index in [9.17, 15) is 14.4 Å². The predicted molar refractivity (Wildman–Crippen MR) is 130 cm³/mol. The van der Waals surface area contributed by atoms with Crippen LogP contribution in [0.4, 0.5) is 5.69 Å². The summed E-state index contributed by atoms with van der Waals surface area (Å²) in [7, 11) is 0. The van der Waals surface area contributed by atoms with Gasteiger partial charge in [0.1, 0.15) is 0 Å². The first-order valence-corrected chi connectivity index (χ1v) is 11.5. The van der Waals surface area contributed by atoms with E-state index in [4.69, 9.17) is 16.3 Å². The molecule has 0 saturated heterocycles. The number of benzene rings is 3. The third-order valence-corrected chi connectivity index (χ3v) is 5.74. The van der Waals surface area contributed by atoms with E-state index in [1.165, 1.54) is 0 Å². The second kappa shape index (κ2) is 11.0. The molecule has 2 N–H and O–H groups in total. The molecule has 1 aliphatic carbocycles. The van der Waals surface area contributed by atoms with E-state index < -0.39 is 24.5 Å². The summed E-state index contributed by atoms with van der Waals surface area (Å²) >= 11 is 6.14. The number of rotatable bonds is 9. The average Bonchev–Trinajstić information content (AvgIpc) is 3.69. The molecule has 0 bridgehead atoms. The maximum absolute atomic E-state index is 12.6. The molecule has 3 aromatic carbocycles. The summed E-state index contributed by atoms with van der Waals surface area (Å²) in [5.41, 5.74) is 3.14. The van der Waals surface area contributed by atoms with Gasteiger partial charge in [0.25, 0.3) is 5.91 Å². The summed E-state index contributed by atoms with van der Waals surface area (Å²) in [6.45, 7) is -0.391. The Morgan fingerprint density at radius 1 is 0.912 bits per heavy atom. The van der Waals surface area contributed by atoms with Crippen LogP contribution in [0.2, 0.25) is 5.02 Å². The van der Waals surface area contributed by atoms with Crippen LogP contribution in [0.3, 0.4) is 0 Å². The molecule has 1 unspecified atom stereocenters. The van der Waals surface area contributed by atoms with Gasteiger partial charge in [-0.25, -0.2) is 0 Å². The topological polar surface area (TPSA) is 84.5 Å². The van der Waals surface area contributed by atoms with Crippen LogP contribution >= 0.6 is 11.6 Å². The van der Waals surface area contributed by atoms with Gasteiger partial charge in [-0.2, -0.15) is 0 Å². The summed E-state index contributed by atoms with van der Waals surface area (Å²) in [6, 6.07) is 23.4. The monoisotopic (exact) mass is 476 g/mol. The molecule has 0 spiro atoms. The van der Waals surface area contributed by atoms with Gasteiger partial charge in [-0.1, -0.05) is 66.2 Å². The van der Waals surface area contributed by atoms with E-state index in [0.29, 0.717) is 10.7 Å². The molecule has 0 radical (unpaired) electrons. The highest BCUT2D eigenvalue weighted by atomic mass is 35.5. The quantitative estimate of drug-likeness (QED) is 0.439.